The molecule has 106 valence electrons. The van der Waals surface area contributed by atoms with Crippen molar-refractivity contribution in [2.45, 2.75) is 69.1 Å². The second-order valence-corrected chi connectivity index (χ2v) is 6.37. The second kappa shape index (κ2) is 6.36. The topological polar surface area (TPSA) is 24.5 Å². The number of nitrogens with one attached hydrogen (secondary N) is 1. The molecule has 0 spiro atoms. The number of methoxy groups -OCH3 is 1. The second-order valence-electron chi connectivity index (χ2n) is 6.37. The quantitative estimate of drug-likeness (QED) is 0.815. The molecule has 2 aliphatic rings. The van der Waals surface area contributed by atoms with Crippen LogP contribution in [0.15, 0.2) is 0 Å². The first-order valence-electron chi connectivity index (χ1n) is 7.61. The van der Waals surface area contributed by atoms with Crippen molar-refractivity contribution in [3.63, 3.8) is 0 Å². The Bertz CT molecular complexity index is 249. The highest BCUT2D eigenvalue weighted by molar-refractivity contribution is 4.96. The van der Waals surface area contributed by atoms with E-state index in [1.54, 1.807) is 0 Å². The van der Waals surface area contributed by atoms with E-state index in [0.29, 0.717) is 17.7 Å². The Labute approximate surface area is 112 Å². The van der Waals surface area contributed by atoms with Crippen molar-refractivity contribution < 1.29 is 4.74 Å². The Hall–Kier alpha value is -0.120. The molecule has 3 nitrogen and oxygen atoms in total. The van der Waals surface area contributed by atoms with Crippen LogP contribution in [0.3, 0.4) is 0 Å². The van der Waals surface area contributed by atoms with Gasteiger partial charge in [-0.15, -0.1) is 0 Å². The summed E-state index contributed by atoms with van der Waals surface area (Å²) in [6, 6.07) is 0.571. The molecule has 0 aromatic rings. The van der Waals surface area contributed by atoms with Crippen molar-refractivity contribution in [2.75, 3.05) is 27.7 Å². The zero-order valence-electron chi connectivity index (χ0n) is 12.4. The lowest BCUT2D eigenvalue weighted by molar-refractivity contribution is 0.0344. The third-order valence-corrected chi connectivity index (χ3v) is 5.18. The van der Waals surface area contributed by atoms with Gasteiger partial charge in [0, 0.05) is 25.2 Å². The Kier molecular flexibility index (Phi) is 5.05. The average Bonchev–Trinajstić information content (AvgIpc) is 2.87. The van der Waals surface area contributed by atoms with Gasteiger partial charge in [-0.1, -0.05) is 25.7 Å². The third-order valence-electron chi connectivity index (χ3n) is 5.18. The fraction of sp³-hybridized carbons (Fsp3) is 1.00. The van der Waals surface area contributed by atoms with Crippen molar-refractivity contribution in [3.05, 3.63) is 0 Å². The van der Waals surface area contributed by atoms with E-state index in [9.17, 15) is 0 Å². The van der Waals surface area contributed by atoms with Gasteiger partial charge < -0.3 is 15.0 Å². The predicted molar refractivity (Wildman–Crippen MR) is 75.9 cm³/mol. The molecule has 0 aliphatic heterocycles. The van der Waals surface area contributed by atoms with Crippen LogP contribution in [0, 0.1) is 0 Å². The van der Waals surface area contributed by atoms with Gasteiger partial charge >= 0.3 is 0 Å². The van der Waals surface area contributed by atoms with E-state index < -0.39 is 0 Å². The van der Waals surface area contributed by atoms with Gasteiger partial charge in [0.1, 0.15) is 0 Å². The van der Waals surface area contributed by atoms with Crippen molar-refractivity contribution >= 4 is 0 Å². The van der Waals surface area contributed by atoms with Crippen LogP contribution in [0.1, 0.15) is 51.4 Å². The fourth-order valence-electron chi connectivity index (χ4n) is 3.75. The highest BCUT2D eigenvalue weighted by atomic mass is 16.5. The summed E-state index contributed by atoms with van der Waals surface area (Å²) >= 11 is 0. The van der Waals surface area contributed by atoms with Crippen LogP contribution in [0.4, 0.5) is 0 Å². The zero-order valence-corrected chi connectivity index (χ0v) is 12.4. The van der Waals surface area contributed by atoms with E-state index in [1.807, 2.05) is 7.11 Å². The monoisotopic (exact) mass is 254 g/mol. The zero-order chi connectivity index (χ0) is 13.0. The smallest absolute Gasteiger partial charge is 0.0724 e. The molecule has 0 aromatic heterocycles. The first-order chi connectivity index (χ1) is 8.68. The van der Waals surface area contributed by atoms with Gasteiger partial charge in [-0.25, -0.2) is 0 Å². The molecule has 2 saturated carbocycles. The van der Waals surface area contributed by atoms with E-state index in [-0.39, 0.29) is 0 Å². The first kappa shape index (κ1) is 14.3. The van der Waals surface area contributed by atoms with Crippen LogP contribution < -0.4 is 5.32 Å². The van der Waals surface area contributed by atoms with E-state index in [4.69, 9.17) is 4.74 Å². The van der Waals surface area contributed by atoms with Crippen LogP contribution in [0.25, 0.3) is 0 Å². The molecule has 2 rings (SSSR count). The largest absolute Gasteiger partial charge is 0.380 e. The maximum absolute atomic E-state index is 5.64. The molecule has 2 unspecified atom stereocenters. The minimum Gasteiger partial charge on any atom is -0.380 e. The normalized spacial score (nSPS) is 32.0. The third kappa shape index (κ3) is 3.06. The molecule has 2 aliphatic carbocycles. The van der Waals surface area contributed by atoms with E-state index in [0.717, 1.165) is 6.54 Å². The molecule has 0 heterocycles. The summed E-state index contributed by atoms with van der Waals surface area (Å²) in [5.74, 6) is 0. The minimum absolute atomic E-state index is 0.399. The number of hydrogen-bond donors (Lipinski definition) is 1. The lowest BCUT2D eigenvalue weighted by Gasteiger charge is -2.40. The minimum atomic E-state index is 0.399. The molecule has 0 bridgehead atoms. The van der Waals surface area contributed by atoms with Crippen LogP contribution in [-0.2, 0) is 4.74 Å². The molecule has 2 fully saturated rings. The molecule has 0 amide bonds. The number of likely N-dealkylation sites (N-methyl/N-ethyl adjacent to an activating group) is 1. The highest BCUT2D eigenvalue weighted by Gasteiger charge is 2.37. The Morgan fingerprint density at radius 1 is 1.11 bits per heavy atom. The first-order valence-corrected chi connectivity index (χ1v) is 7.61. The van der Waals surface area contributed by atoms with Gasteiger partial charge in [0.05, 0.1) is 6.10 Å². The summed E-state index contributed by atoms with van der Waals surface area (Å²) in [4.78, 5) is 2.44. The Balaban J connectivity index is 1.88. The molecule has 18 heavy (non-hydrogen) atoms. The van der Waals surface area contributed by atoms with Crippen molar-refractivity contribution in [2.24, 2.45) is 0 Å². The summed E-state index contributed by atoms with van der Waals surface area (Å²) in [6.45, 7) is 1.13. The summed E-state index contributed by atoms with van der Waals surface area (Å²) < 4.78 is 5.64. The molecular formula is C15H30N2O. The Morgan fingerprint density at radius 3 is 2.39 bits per heavy atom. The maximum Gasteiger partial charge on any atom is 0.0724 e. The standard InChI is InChI=1S/C15H30N2O/c1-17(2)15(10-6-7-11-15)12-16-13-8-4-5-9-14(13)18-3/h13-14,16H,4-12H2,1-3H3. The summed E-state index contributed by atoms with van der Waals surface area (Å²) in [5.41, 5.74) is 0.399. The fourth-order valence-corrected chi connectivity index (χ4v) is 3.75. The molecule has 3 heteroatoms. The van der Waals surface area contributed by atoms with Gasteiger partial charge in [0.15, 0.2) is 0 Å². The summed E-state index contributed by atoms with van der Waals surface area (Å²) in [6.07, 6.45) is 11.1. The Morgan fingerprint density at radius 2 is 1.78 bits per heavy atom. The van der Waals surface area contributed by atoms with Crippen LogP contribution in [0.5, 0.6) is 0 Å². The molecular weight excluding hydrogens is 224 g/mol. The van der Waals surface area contributed by atoms with Gasteiger partial charge in [0.2, 0.25) is 0 Å². The van der Waals surface area contributed by atoms with Crippen LogP contribution in [-0.4, -0.2) is 50.3 Å². The van der Waals surface area contributed by atoms with Crippen molar-refractivity contribution in [3.8, 4) is 0 Å². The molecule has 1 N–H and O–H groups in total. The number of hydrogen-bond acceptors (Lipinski definition) is 3. The average molecular weight is 254 g/mol. The lowest BCUT2D eigenvalue weighted by Crippen LogP contribution is -2.54. The van der Waals surface area contributed by atoms with Crippen molar-refractivity contribution in [1.82, 2.24) is 10.2 Å². The molecule has 0 aromatic carbocycles. The number of nitrogens with zero attached hydrogens (tertiary/aromatic N) is 1. The van der Waals surface area contributed by atoms with Gasteiger partial charge in [-0.3, -0.25) is 0 Å². The van der Waals surface area contributed by atoms with Gasteiger partial charge in [-0.05, 0) is 39.8 Å². The van der Waals surface area contributed by atoms with E-state index in [2.05, 4.69) is 24.3 Å². The molecule has 2 atom stereocenters. The van der Waals surface area contributed by atoms with E-state index >= 15 is 0 Å². The number of rotatable bonds is 5. The number of ether oxygens (including phenoxy) is 1. The highest BCUT2D eigenvalue weighted by Crippen LogP contribution is 2.33. The predicted octanol–water partition coefficient (Wildman–Crippen LogP) is 2.41. The molecule has 0 saturated heterocycles. The summed E-state index contributed by atoms with van der Waals surface area (Å²) in [7, 11) is 6.34. The summed E-state index contributed by atoms with van der Waals surface area (Å²) in [5, 5.41) is 3.82. The van der Waals surface area contributed by atoms with Crippen molar-refractivity contribution in [1.29, 1.82) is 0 Å². The van der Waals surface area contributed by atoms with Crippen LogP contribution in [0.2, 0.25) is 0 Å². The molecule has 0 radical (unpaired) electrons. The van der Waals surface area contributed by atoms with Gasteiger partial charge in [-0.2, -0.15) is 0 Å². The maximum atomic E-state index is 5.64. The SMILES string of the molecule is COC1CCCCC1NCC1(N(C)C)CCCC1. The van der Waals surface area contributed by atoms with Gasteiger partial charge in [0.25, 0.3) is 0 Å². The lowest BCUT2D eigenvalue weighted by atomic mass is 9.90. The van der Waals surface area contributed by atoms with E-state index in [1.165, 1.54) is 51.4 Å². The van der Waals surface area contributed by atoms with Crippen LogP contribution >= 0.6 is 0 Å².